The summed E-state index contributed by atoms with van der Waals surface area (Å²) in [5.74, 6) is 0.893. The summed E-state index contributed by atoms with van der Waals surface area (Å²) in [6.07, 6.45) is 6.81. The maximum absolute atomic E-state index is 3.57. The molecule has 0 spiro atoms. The summed E-state index contributed by atoms with van der Waals surface area (Å²) in [5, 5.41) is 3.57. The zero-order chi connectivity index (χ0) is 13.1. The first-order valence-electron chi connectivity index (χ1n) is 7.92. The van der Waals surface area contributed by atoms with Gasteiger partial charge in [0.1, 0.15) is 0 Å². The van der Waals surface area contributed by atoms with Crippen LogP contribution < -0.4 is 10.2 Å². The second-order valence-electron chi connectivity index (χ2n) is 6.18. The highest BCUT2D eigenvalue weighted by Gasteiger charge is 2.20. The fourth-order valence-electron chi connectivity index (χ4n) is 3.01. The number of hydrogen-bond acceptors (Lipinski definition) is 2. The summed E-state index contributed by atoms with van der Waals surface area (Å²) >= 11 is 0. The van der Waals surface area contributed by atoms with Crippen LogP contribution in [-0.4, -0.2) is 19.1 Å². The second-order valence-corrected chi connectivity index (χ2v) is 6.18. The first-order chi connectivity index (χ1) is 9.35. The molecule has 0 amide bonds. The lowest BCUT2D eigenvalue weighted by molar-refractivity contribution is 0.405. The average Bonchev–Trinajstić information content (AvgIpc) is 3.30. The van der Waals surface area contributed by atoms with E-state index in [2.05, 4.69) is 41.4 Å². The van der Waals surface area contributed by atoms with Gasteiger partial charge in [-0.1, -0.05) is 25.5 Å². The lowest BCUT2D eigenvalue weighted by atomic mass is 9.95. The molecule has 1 aromatic carbocycles. The van der Waals surface area contributed by atoms with Gasteiger partial charge in [0.25, 0.3) is 0 Å². The Kier molecular flexibility index (Phi) is 4.07. The fraction of sp³-hybridized carbons (Fsp3) is 0.647. The van der Waals surface area contributed by atoms with Crippen molar-refractivity contribution in [2.45, 2.75) is 51.6 Å². The lowest BCUT2D eigenvalue weighted by Gasteiger charge is -2.34. The van der Waals surface area contributed by atoms with Gasteiger partial charge in [0.15, 0.2) is 0 Å². The zero-order valence-electron chi connectivity index (χ0n) is 12.1. The topological polar surface area (TPSA) is 15.3 Å². The molecular weight excluding hydrogens is 232 g/mol. The predicted octanol–water partition coefficient (Wildman–Crippen LogP) is 3.57. The van der Waals surface area contributed by atoms with Crippen LogP contribution in [0, 0.1) is 5.92 Å². The third kappa shape index (κ3) is 3.50. The number of nitrogens with zero attached hydrogens (tertiary/aromatic N) is 1. The molecular formula is C17H26N2. The van der Waals surface area contributed by atoms with Crippen LogP contribution in [0.5, 0.6) is 0 Å². The third-order valence-electron chi connectivity index (χ3n) is 4.57. The van der Waals surface area contributed by atoms with Gasteiger partial charge in [0.05, 0.1) is 0 Å². The second kappa shape index (κ2) is 5.96. The summed E-state index contributed by atoms with van der Waals surface area (Å²) in [6, 6.07) is 10.00. The maximum atomic E-state index is 3.57. The molecule has 2 fully saturated rings. The molecule has 1 N–H and O–H groups in total. The summed E-state index contributed by atoms with van der Waals surface area (Å²) in [6.45, 7) is 5.83. The van der Waals surface area contributed by atoms with Crippen LogP contribution in [-0.2, 0) is 6.54 Å². The molecule has 1 aliphatic carbocycles. The van der Waals surface area contributed by atoms with Gasteiger partial charge in [-0.25, -0.2) is 0 Å². The number of piperidine rings is 1. The van der Waals surface area contributed by atoms with Gasteiger partial charge in [-0.3, -0.25) is 0 Å². The molecule has 2 aliphatic rings. The normalized spacial score (nSPS) is 23.6. The van der Waals surface area contributed by atoms with Gasteiger partial charge in [0.2, 0.25) is 0 Å². The van der Waals surface area contributed by atoms with Gasteiger partial charge in [0, 0.05) is 31.4 Å². The van der Waals surface area contributed by atoms with E-state index in [9.17, 15) is 0 Å². The van der Waals surface area contributed by atoms with Gasteiger partial charge in [-0.15, -0.1) is 0 Å². The van der Waals surface area contributed by atoms with Gasteiger partial charge < -0.3 is 10.2 Å². The standard InChI is InChI=1S/C17H26N2/c1-2-14-4-3-11-19(13-14)17-9-5-15(6-10-17)12-18-16-7-8-16/h5-6,9-10,14,16,18H,2-4,7-8,11-13H2,1H3. The SMILES string of the molecule is CCC1CCCN(c2ccc(CNC3CC3)cc2)C1. The number of anilines is 1. The average molecular weight is 258 g/mol. The van der Waals surface area contributed by atoms with Crippen LogP contribution in [0.25, 0.3) is 0 Å². The highest BCUT2D eigenvalue weighted by atomic mass is 15.1. The van der Waals surface area contributed by atoms with E-state index < -0.39 is 0 Å². The van der Waals surface area contributed by atoms with E-state index >= 15 is 0 Å². The summed E-state index contributed by atoms with van der Waals surface area (Å²) < 4.78 is 0. The molecule has 0 aromatic heterocycles. The van der Waals surface area contributed by atoms with Crippen molar-refractivity contribution in [1.29, 1.82) is 0 Å². The van der Waals surface area contributed by atoms with Crippen LogP contribution in [0.3, 0.4) is 0 Å². The van der Waals surface area contributed by atoms with Gasteiger partial charge in [-0.2, -0.15) is 0 Å². The van der Waals surface area contributed by atoms with E-state index in [0.29, 0.717) is 0 Å². The molecule has 1 saturated carbocycles. The molecule has 1 aromatic rings. The van der Waals surface area contributed by atoms with E-state index in [1.807, 2.05) is 0 Å². The Labute approximate surface area is 117 Å². The van der Waals surface area contributed by atoms with Crippen molar-refractivity contribution in [3.8, 4) is 0 Å². The van der Waals surface area contributed by atoms with Crippen LogP contribution in [0.1, 0.15) is 44.6 Å². The number of benzene rings is 1. The Bertz CT molecular complexity index is 394. The predicted molar refractivity (Wildman–Crippen MR) is 81.5 cm³/mol. The summed E-state index contributed by atoms with van der Waals surface area (Å²) in [7, 11) is 0. The van der Waals surface area contributed by atoms with Crippen molar-refractivity contribution in [1.82, 2.24) is 5.32 Å². The minimum absolute atomic E-state index is 0.798. The van der Waals surface area contributed by atoms with E-state index in [0.717, 1.165) is 18.5 Å². The highest BCUT2D eigenvalue weighted by molar-refractivity contribution is 5.48. The Morgan fingerprint density at radius 2 is 1.95 bits per heavy atom. The Hall–Kier alpha value is -1.02. The first kappa shape index (κ1) is 13.0. The van der Waals surface area contributed by atoms with Crippen molar-refractivity contribution in [3.63, 3.8) is 0 Å². The highest BCUT2D eigenvalue weighted by Crippen LogP contribution is 2.25. The lowest BCUT2D eigenvalue weighted by Crippen LogP contribution is -2.35. The molecule has 2 nitrogen and oxygen atoms in total. The molecule has 1 unspecified atom stereocenters. The largest absolute Gasteiger partial charge is 0.371 e. The van der Waals surface area contributed by atoms with E-state index in [-0.39, 0.29) is 0 Å². The monoisotopic (exact) mass is 258 g/mol. The molecule has 1 heterocycles. The third-order valence-corrected chi connectivity index (χ3v) is 4.57. The Morgan fingerprint density at radius 3 is 2.63 bits per heavy atom. The van der Waals surface area contributed by atoms with Crippen molar-refractivity contribution >= 4 is 5.69 Å². The molecule has 0 radical (unpaired) electrons. The quantitative estimate of drug-likeness (QED) is 0.868. The van der Waals surface area contributed by atoms with Crippen molar-refractivity contribution < 1.29 is 0 Å². The molecule has 1 aliphatic heterocycles. The Morgan fingerprint density at radius 1 is 1.16 bits per heavy atom. The van der Waals surface area contributed by atoms with Crippen LogP contribution in [0.2, 0.25) is 0 Å². The van der Waals surface area contributed by atoms with E-state index in [1.165, 1.54) is 56.4 Å². The molecule has 3 rings (SSSR count). The molecule has 0 bridgehead atoms. The number of rotatable bonds is 5. The van der Waals surface area contributed by atoms with E-state index in [1.54, 1.807) is 0 Å². The van der Waals surface area contributed by atoms with E-state index in [4.69, 9.17) is 0 Å². The van der Waals surface area contributed by atoms with Crippen molar-refractivity contribution in [2.24, 2.45) is 5.92 Å². The molecule has 1 atom stereocenters. The summed E-state index contributed by atoms with van der Waals surface area (Å²) in [4.78, 5) is 2.57. The first-order valence-corrected chi connectivity index (χ1v) is 7.92. The van der Waals surface area contributed by atoms with Crippen LogP contribution in [0.4, 0.5) is 5.69 Å². The fourth-order valence-corrected chi connectivity index (χ4v) is 3.01. The van der Waals surface area contributed by atoms with Crippen molar-refractivity contribution in [3.05, 3.63) is 29.8 Å². The number of nitrogens with one attached hydrogen (secondary N) is 1. The van der Waals surface area contributed by atoms with Gasteiger partial charge in [-0.05, 0) is 49.3 Å². The maximum Gasteiger partial charge on any atom is 0.0366 e. The van der Waals surface area contributed by atoms with Crippen molar-refractivity contribution in [2.75, 3.05) is 18.0 Å². The van der Waals surface area contributed by atoms with Gasteiger partial charge >= 0.3 is 0 Å². The molecule has 19 heavy (non-hydrogen) atoms. The summed E-state index contributed by atoms with van der Waals surface area (Å²) in [5.41, 5.74) is 2.83. The zero-order valence-corrected chi connectivity index (χ0v) is 12.1. The smallest absolute Gasteiger partial charge is 0.0366 e. The van der Waals surface area contributed by atoms with Crippen LogP contribution >= 0.6 is 0 Å². The molecule has 104 valence electrons. The molecule has 1 saturated heterocycles. The Balaban J connectivity index is 1.57. The molecule has 2 heteroatoms. The number of hydrogen-bond donors (Lipinski definition) is 1. The van der Waals surface area contributed by atoms with Crippen LogP contribution in [0.15, 0.2) is 24.3 Å². The minimum atomic E-state index is 0.798. The minimum Gasteiger partial charge on any atom is -0.371 e.